The molecule has 2 N–H and O–H groups in total. The number of thiocarbonyl (C=S) groups is 1. The molecule has 2 aromatic carbocycles. The lowest BCUT2D eigenvalue weighted by Crippen LogP contribution is -2.19. The third-order valence-electron chi connectivity index (χ3n) is 5.29. The van der Waals surface area contributed by atoms with E-state index in [1.54, 1.807) is 12.3 Å². The molecule has 0 spiro atoms. The van der Waals surface area contributed by atoms with Gasteiger partial charge in [-0.3, -0.25) is 9.36 Å². The van der Waals surface area contributed by atoms with E-state index in [4.69, 9.17) is 35.4 Å². The highest BCUT2D eigenvalue weighted by Gasteiger charge is 2.14. The number of nitrogens with one attached hydrogen (secondary N) is 2. The van der Waals surface area contributed by atoms with E-state index in [9.17, 15) is 0 Å². The van der Waals surface area contributed by atoms with Gasteiger partial charge in [0.05, 0.1) is 52.1 Å². The standard InChI is InChI=1S/C24H24Cl2N6S/c1-15-4-6-18(7-5-15)12-31-14-20(11-27-31)28-24(33)29-23-16(2)30-32(17(23)3)13-19-8-9-21(25)22(26)10-19/h4-11,14H,12-13H2,1-3H3,(H2,28,29,33). The van der Waals surface area contributed by atoms with Gasteiger partial charge in [-0.25, -0.2) is 0 Å². The molecule has 0 aliphatic rings. The fourth-order valence-electron chi connectivity index (χ4n) is 3.51. The van der Waals surface area contributed by atoms with E-state index in [0.717, 1.165) is 28.3 Å². The van der Waals surface area contributed by atoms with Gasteiger partial charge in [0.15, 0.2) is 5.11 Å². The molecule has 0 atom stereocenters. The zero-order valence-corrected chi connectivity index (χ0v) is 20.9. The summed E-state index contributed by atoms with van der Waals surface area (Å²) in [5.74, 6) is 0. The molecule has 0 amide bonds. The first kappa shape index (κ1) is 23.3. The molecule has 0 aliphatic carbocycles. The van der Waals surface area contributed by atoms with Crippen molar-refractivity contribution in [1.82, 2.24) is 19.6 Å². The van der Waals surface area contributed by atoms with Crippen LogP contribution in [0.5, 0.6) is 0 Å². The van der Waals surface area contributed by atoms with Crippen LogP contribution in [0.15, 0.2) is 54.9 Å². The highest BCUT2D eigenvalue weighted by Crippen LogP contribution is 2.25. The monoisotopic (exact) mass is 498 g/mol. The minimum Gasteiger partial charge on any atom is -0.330 e. The molecule has 0 saturated carbocycles. The lowest BCUT2D eigenvalue weighted by Gasteiger charge is -2.10. The maximum atomic E-state index is 6.15. The van der Waals surface area contributed by atoms with Crippen LogP contribution in [-0.4, -0.2) is 24.7 Å². The van der Waals surface area contributed by atoms with Crippen molar-refractivity contribution < 1.29 is 0 Å². The second-order valence-electron chi connectivity index (χ2n) is 7.94. The number of nitrogens with zero attached hydrogens (tertiary/aromatic N) is 4. The fourth-order valence-corrected chi connectivity index (χ4v) is 4.05. The van der Waals surface area contributed by atoms with Crippen LogP contribution in [-0.2, 0) is 13.1 Å². The third-order valence-corrected chi connectivity index (χ3v) is 6.24. The average molecular weight is 499 g/mol. The van der Waals surface area contributed by atoms with Crippen molar-refractivity contribution in [2.45, 2.75) is 33.9 Å². The number of aromatic nitrogens is 4. The van der Waals surface area contributed by atoms with Crippen molar-refractivity contribution in [2.24, 2.45) is 0 Å². The highest BCUT2D eigenvalue weighted by molar-refractivity contribution is 7.80. The van der Waals surface area contributed by atoms with E-state index in [0.29, 0.717) is 28.2 Å². The lowest BCUT2D eigenvalue weighted by atomic mass is 10.1. The topological polar surface area (TPSA) is 59.7 Å². The Morgan fingerprint density at radius 1 is 0.939 bits per heavy atom. The minimum atomic E-state index is 0.477. The van der Waals surface area contributed by atoms with E-state index in [-0.39, 0.29) is 0 Å². The molecule has 2 heterocycles. The normalized spacial score (nSPS) is 10.9. The van der Waals surface area contributed by atoms with E-state index in [1.165, 1.54) is 11.1 Å². The summed E-state index contributed by atoms with van der Waals surface area (Å²) in [6, 6.07) is 14.0. The van der Waals surface area contributed by atoms with Crippen molar-refractivity contribution in [2.75, 3.05) is 10.6 Å². The number of anilines is 2. The quantitative estimate of drug-likeness (QED) is 0.309. The van der Waals surface area contributed by atoms with Gasteiger partial charge in [-0.2, -0.15) is 10.2 Å². The molecular weight excluding hydrogens is 475 g/mol. The van der Waals surface area contributed by atoms with Crippen molar-refractivity contribution in [1.29, 1.82) is 0 Å². The molecule has 0 radical (unpaired) electrons. The summed E-state index contributed by atoms with van der Waals surface area (Å²) in [6.07, 6.45) is 3.69. The predicted octanol–water partition coefficient (Wildman–Crippen LogP) is 6.22. The third kappa shape index (κ3) is 5.74. The molecule has 33 heavy (non-hydrogen) atoms. The Labute approximate surface area is 208 Å². The second kappa shape index (κ2) is 9.95. The number of hydrogen-bond donors (Lipinski definition) is 2. The highest BCUT2D eigenvalue weighted by atomic mass is 35.5. The summed E-state index contributed by atoms with van der Waals surface area (Å²) >= 11 is 17.7. The van der Waals surface area contributed by atoms with E-state index < -0.39 is 0 Å². The Bertz CT molecular complexity index is 1290. The van der Waals surface area contributed by atoms with Crippen LogP contribution in [0.25, 0.3) is 0 Å². The van der Waals surface area contributed by atoms with Gasteiger partial charge in [-0.15, -0.1) is 0 Å². The molecule has 2 aromatic heterocycles. The van der Waals surface area contributed by atoms with Crippen LogP contribution < -0.4 is 10.6 Å². The Morgan fingerprint density at radius 3 is 2.39 bits per heavy atom. The Kier molecular flexibility index (Phi) is 7.02. The van der Waals surface area contributed by atoms with Crippen LogP contribution in [0.3, 0.4) is 0 Å². The molecule has 0 fully saturated rings. The summed E-state index contributed by atoms with van der Waals surface area (Å²) in [7, 11) is 0. The smallest absolute Gasteiger partial charge is 0.175 e. The van der Waals surface area contributed by atoms with Crippen molar-refractivity contribution >= 4 is 51.9 Å². The van der Waals surface area contributed by atoms with Gasteiger partial charge in [-0.05, 0) is 56.2 Å². The van der Waals surface area contributed by atoms with Gasteiger partial charge in [0.2, 0.25) is 0 Å². The maximum absolute atomic E-state index is 6.15. The number of rotatable bonds is 6. The summed E-state index contributed by atoms with van der Waals surface area (Å²) in [5.41, 5.74) is 6.96. The molecule has 4 rings (SSSR count). The Morgan fingerprint density at radius 2 is 1.67 bits per heavy atom. The summed E-state index contributed by atoms with van der Waals surface area (Å²) in [6.45, 7) is 7.30. The maximum Gasteiger partial charge on any atom is 0.175 e. The van der Waals surface area contributed by atoms with Crippen LogP contribution in [0.4, 0.5) is 11.4 Å². The summed E-state index contributed by atoms with van der Waals surface area (Å²) in [5, 5.41) is 17.1. The van der Waals surface area contributed by atoms with E-state index in [2.05, 4.69) is 52.0 Å². The van der Waals surface area contributed by atoms with Crippen LogP contribution in [0, 0.1) is 20.8 Å². The zero-order valence-electron chi connectivity index (χ0n) is 18.6. The molecule has 4 aromatic rings. The largest absolute Gasteiger partial charge is 0.330 e. The average Bonchev–Trinajstić information content (AvgIpc) is 3.31. The molecule has 0 aliphatic heterocycles. The minimum absolute atomic E-state index is 0.477. The Balaban J connectivity index is 1.40. The molecular formula is C24H24Cl2N6S. The number of halogens is 2. The van der Waals surface area contributed by atoms with E-state index in [1.807, 2.05) is 41.5 Å². The van der Waals surface area contributed by atoms with Crippen LogP contribution in [0.1, 0.15) is 28.1 Å². The first-order valence-electron chi connectivity index (χ1n) is 10.4. The summed E-state index contributed by atoms with van der Waals surface area (Å²) in [4.78, 5) is 0. The van der Waals surface area contributed by atoms with Gasteiger partial charge in [0.25, 0.3) is 0 Å². The van der Waals surface area contributed by atoms with Gasteiger partial charge >= 0.3 is 0 Å². The van der Waals surface area contributed by atoms with Crippen molar-refractivity contribution in [3.63, 3.8) is 0 Å². The molecule has 9 heteroatoms. The van der Waals surface area contributed by atoms with Crippen molar-refractivity contribution in [3.05, 3.63) is 93.0 Å². The SMILES string of the molecule is Cc1ccc(Cn2cc(NC(=S)Nc3c(C)nn(Cc4ccc(Cl)c(Cl)c4)c3C)cn2)cc1. The van der Waals surface area contributed by atoms with Crippen LogP contribution in [0.2, 0.25) is 10.0 Å². The molecule has 170 valence electrons. The van der Waals surface area contributed by atoms with Gasteiger partial charge in [-0.1, -0.05) is 59.1 Å². The van der Waals surface area contributed by atoms with Crippen molar-refractivity contribution in [3.8, 4) is 0 Å². The number of aryl methyl sites for hydroxylation is 2. The molecule has 0 bridgehead atoms. The zero-order chi connectivity index (χ0) is 23.5. The van der Waals surface area contributed by atoms with Crippen LogP contribution >= 0.6 is 35.4 Å². The van der Waals surface area contributed by atoms with E-state index >= 15 is 0 Å². The number of benzene rings is 2. The molecule has 6 nitrogen and oxygen atoms in total. The summed E-state index contributed by atoms with van der Waals surface area (Å²) < 4.78 is 3.79. The number of hydrogen-bond acceptors (Lipinski definition) is 3. The first-order valence-corrected chi connectivity index (χ1v) is 11.6. The van der Waals surface area contributed by atoms with Gasteiger partial charge in [0.1, 0.15) is 0 Å². The first-order chi connectivity index (χ1) is 15.8. The van der Waals surface area contributed by atoms with Gasteiger partial charge < -0.3 is 10.6 Å². The van der Waals surface area contributed by atoms with Gasteiger partial charge in [0, 0.05) is 6.20 Å². The fraction of sp³-hybridized carbons (Fsp3) is 0.208. The Hall–Kier alpha value is -2.87. The second-order valence-corrected chi connectivity index (χ2v) is 9.17. The molecule has 0 unspecified atom stereocenters. The molecule has 0 saturated heterocycles. The lowest BCUT2D eigenvalue weighted by molar-refractivity contribution is 0.659. The predicted molar refractivity (Wildman–Crippen MR) is 140 cm³/mol.